The highest BCUT2D eigenvalue weighted by Crippen LogP contribution is 2.34. The third kappa shape index (κ3) is 2.53. The van der Waals surface area contributed by atoms with Gasteiger partial charge in [-0.1, -0.05) is 23.7 Å². The van der Waals surface area contributed by atoms with E-state index in [0.717, 1.165) is 37.1 Å². The summed E-state index contributed by atoms with van der Waals surface area (Å²) in [6.45, 7) is 0. The molecule has 3 nitrogen and oxygen atoms in total. The molecule has 0 radical (unpaired) electrons. The standard InChI is InChI=1S/C15H17ClN2O/c16-14-7-2-1-6-13(14)15-17-8-9-18(15)11-4-3-5-12(19)10-11/h1-2,6-9,11-12,19H,3-5,10H2/t11-,12+/m1/s1. The summed E-state index contributed by atoms with van der Waals surface area (Å²) in [5.41, 5.74) is 0.953. The van der Waals surface area contributed by atoms with E-state index in [-0.39, 0.29) is 6.10 Å². The second kappa shape index (κ2) is 5.35. The van der Waals surface area contributed by atoms with Gasteiger partial charge in [0, 0.05) is 24.0 Å². The van der Waals surface area contributed by atoms with Crippen LogP contribution >= 0.6 is 11.6 Å². The van der Waals surface area contributed by atoms with Gasteiger partial charge in [-0.15, -0.1) is 0 Å². The maximum Gasteiger partial charge on any atom is 0.141 e. The van der Waals surface area contributed by atoms with Crippen LogP contribution in [0.3, 0.4) is 0 Å². The fourth-order valence-electron chi connectivity index (χ4n) is 2.85. The van der Waals surface area contributed by atoms with E-state index in [1.165, 1.54) is 0 Å². The Morgan fingerprint density at radius 1 is 1.26 bits per heavy atom. The first kappa shape index (κ1) is 12.7. The lowest BCUT2D eigenvalue weighted by Gasteiger charge is -2.28. The van der Waals surface area contributed by atoms with E-state index < -0.39 is 0 Å². The fourth-order valence-corrected chi connectivity index (χ4v) is 3.07. The summed E-state index contributed by atoms with van der Waals surface area (Å²) in [6, 6.07) is 8.07. The van der Waals surface area contributed by atoms with Crippen LogP contribution in [-0.2, 0) is 0 Å². The minimum absolute atomic E-state index is 0.194. The molecule has 1 aliphatic carbocycles. The number of aliphatic hydroxyl groups is 1. The second-order valence-electron chi connectivity index (χ2n) is 5.11. The third-order valence-electron chi connectivity index (χ3n) is 3.80. The van der Waals surface area contributed by atoms with E-state index in [2.05, 4.69) is 9.55 Å². The van der Waals surface area contributed by atoms with Gasteiger partial charge in [-0.3, -0.25) is 0 Å². The first-order valence-corrected chi connectivity index (χ1v) is 7.09. The summed E-state index contributed by atoms with van der Waals surface area (Å²) in [5.74, 6) is 0.893. The smallest absolute Gasteiger partial charge is 0.141 e. The van der Waals surface area contributed by atoms with Gasteiger partial charge in [-0.05, 0) is 37.8 Å². The van der Waals surface area contributed by atoms with Crippen molar-refractivity contribution in [1.29, 1.82) is 0 Å². The minimum atomic E-state index is -0.194. The molecule has 1 aliphatic rings. The number of hydrogen-bond acceptors (Lipinski definition) is 2. The lowest BCUT2D eigenvalue weighted by Crippen LogP contribution is -2.22. The van der Waals surface area contributed by atoms with Gasteiger partial charge in [0.25, 0.3) is 0 Å². The van der Waals surface area contributed by atoms with Crippen molar-refractivity contribution in [2.75, 3.05) is 0 Å². The first-order valence-electron chi connectivity index (χ1n) is 6.71. The van der Waals surface area contributed by atoms with Crippen LogP contribution in [0.2, 0.25) is 5.02 Å². The van der Waals surface area contributed by atoms with Gasteiger partial charge in [0.1, 0.15) is 5.82 Å². The summed E-state index contributed by atoms with van der Waals surface area (Å²) in [5, 5.41) is 10.5. The van der Waals surface area contributed by atoms with Gasteiger partial charge < -0.3 is 9.67 Å². The van der Waals surface area contributed by atoms with E-state index in [1.54, 1.807) is 6.20 Å². The van der Waals surface area contributed by atoms with Crippen molar-refractivity contribution >= 4 is 11.6 Å². The zero-order valence-electron chi connectivity index (χ0n) is 10.7. The van der Waals surface area contributed by atoms with Gasteiger partial charge >= 0.3 is 0 Å². The molecular formula is C15H17ClN2O. The topological polar surface area (TPSA) is 38.0 Å². The molecule has 3 rings (SSSR count). The molecule has 0 aliphatic heterocycles. The summed E-state index contributed by atoms with van der Waals surface area (Å²) >= 11 is 6.25. The van der Waals surface area contributed by atoms with Crippen LogP contribution in [0.5, 0.6) is 0 Å². The van der Waals surface area contributed by atoms with Crippen LogP contribution in [0, 0.1) is 0 Å². The maximum absolute atomic E-state index is 9.83. The van der Waals surface area contributed by atoms with Crippen LogP contribution < -0.4 is 0 Å². The molecule has 2 atom stereocenters. The van der Waals surface area contributed by atoms with E-state index in [4.69, 9.17) is 11.6 Å². The Balaban J connectivity index is 1.96. The molecule has 1 fully saturated rings. The third-order valence-corrected chi connectivity index (χ3v) is 4.13. The van der Waals surface area contributed by atoms with E-state index >= 15 is 0 Å². The molecule has 0 spiro atoms. The molecule has 19 heavy (non-hydrogen) atoms. The number of rotatable bonds is 2. The molecule has 0 saturated heterocycles. The van der Waals surface area contributed by atoms with Crippen LogP contribution in [0.1, 0.15) is 31.7 Å². The normalized spacial score (nSPS) is 23.5. The number of aromatic nitrogens is 2. The number of halogens is 1. The average Bonchev–Trinajstić information content (AvgIpc) is 2.88. The van der Waals surface area contributed by atoms with Crippen molar-refractivity contribution in [3.8, 4) is 11.4 Å². The van der Waals surface area contributed by atoms with Crippen LogP contribution in [0.25, 0.3) is 11.4 Å². The van der Waals surface area contributed by atoms with E-state index in [0.29, 0.717) is 11.1 Å². The van der Waals surface area contributed by atoms with E-state index in [1.807, 2.05) is 30.5 Å². The minimum Gasteiger partial charge on any atom is -0.393 e. The SMILES string of the molecule is O[C@H]1CCC[C@@H](n2ccnc2-c2ccccc2Cl)C1. The van der Waals surface area contributed by atoms with Gasteiger partial charge in [-0.25, -0.2) is 4.98 Å². The molecule has 4 heteroatoms. The van der Waals surface area contributed by atoms with E-state index in [9.17, 15) is 5.11 Å². The van der Waals surface area contributed by atoms with Gasteiger partial charge in [0.2, 0.25) is 0 Å². The summed E-state index contributed by atoms with van der Waals surface area (Å²) < 4.78 is 2.16. The highest BCUT2D eigenvalue weighted by Gasteiger charge is 2.23. The zero-order chi connectivity index (χ0) is 13.2. The molecule has 1 saturated carbocycles. The number of benzene rings is 1. The largest absolute Gasteiger partial charge is 0.393 e. The van der Waals surface area contributed by atoms with Crippen LogP contribution in [-0.4, -0.2) is 20.8 Å². The predicted octanol–water partition coefficient (Wildman–Crippen LogP) is 3.68. The highest BCUT2D eigenvalue weighted by atomic mass is 35.5. The highest BCUT2D eigenvalue weighted by molar-refractivity contribution is 6.33. The van der Waals surface area contributed by atoms with Crippen molar-refractivity contribution in [1.82, 2.24) is 9.55 Å². The summed E-state index contributed by atoms with van der Waals surface area (Å²) in [6.07, 6.45) is 7.46. The molecule has 100 valence electrons. The van der Waals surface area contributed by atoms with Crippen molar-refractivity contribution in [2.24, 2.45) is 0 Å². The lowest BCUT2D eigenvalue weighted by molar-refractivity contribution is 0.104. The molecule has 1 aromatic carbocycles. The van der Waals surface area contributed by atoms with Crippen molar-refractivity contribution < 1.29 is 5.11 Å². The Bertz CT molecular complexity index is 567. The molecule has 1 N–H and O–H groups in total. The van der Waals surface area contributed by atoms with Crippen molar-refractivity contribution in [3.63, 3.8) is 0 Å². The Labute approximate surface area is 117 Å². The molecule has 0 bridgehead atoms. The number of aliphatic hydroxyl groups excluding tert-OH is 1. The monoisotopic (exact) mass is 276 g/mol. The number of imidazole rings is 1. The molecule has 0 unspecified atom stereocenters. The quantitative estimate of drug-likeness (QED) is 0.909. The number of nitrogens with zero attached hydrogens (tertiary/aromatic N) is 2. The van der Waals surface area contributed by atoms with Gasteiger partial charge in [0.05, 0.1) is 11.1 Å². The first-order chi connectivity index (χ1) is 9.25. The molecule has 1 heterocycles. The Morgan fingerprint density at radius 2 is 2.11 bits per heavy atom. The fraction of sp³-hybridized carbons (Fsp3) is 0.400. The summed E-state index contributed by atoms with van der Waals surface area (Å²) in [7, 11) is 0. The predicted molar refractivity (Wildman–Crippen MR) is 76.2 cm³/mol. The van der Waals surface area contributed by atoms with Crippen LogP contribution in [0.4, 0.5) is 0 Å². The lowest BCUT2D eigenvalue weighted by atomic mass is 9.92. The average molecular weight is 277 g/mol. The van der Waals surface area contributed by atoms with Crippen molar-refractivity contribution in [3.05, 3.63) is 41.7 Å². The molecular weight excluding hydrogens is 260 g/mol. The summed E-state index contributed by atoms with van der Waals surface area (Å²) in [4.78, 5) is 4.44. The van der Waals surface area contributed by atoms with Crippen molar-refractivity contribution in [2.45, 2.75) is 37.8 Å². The number of hydrogen-bond donors (Lipinski definition) is 1. The molecule has 1 aromatic heterocycles. The van der Waals surface area contributed by atoms with Gasteiger partial charge in [0.15, 0.2) is 0 Å². The Morgan fingerprint density at radius 3 is 2.89 bits per heavy atom. The zero-order valence-corrected chi connectivity index (χ0v) is 11.4. The van der Waals surface area contributed by atoms with Crippen LogP contribution in [0.15, 0.2) is 36.7 Å². The molecule has 0 amide bonds. The second-order valence-corrected chi connectivity index (χ2v) is 5.52. The molecule has 2 aromatic rings. The Hall–Kier alpha value is -1.32. The Kier molecular flexibility index (Phi) is 3.58. The maximum atomic E-state index is 9.83. The van der Waals surface area contributed by atoms with Gasteiger partial charge in [-0.2, -0.15) is 0 Å².